The average molecular weight is 601 g/mol. The molecular formula is C34H32O10. The quantitative estimate of drug-likeness (QED) is 0.140. The van der Waals surface area contributed by atoms with Crippen molar-refractivity contribution in [3.63, 3.8) is 0 Å². The molecular weight excluding hydrogens is 568 g/mol. The lowest BCUT2D eigenvalue weighted by Gasteiger charge is -2.45. The van der Waals surface area contributed by atoms with Crippen molar-refractivity contribution in [2.24, 2.45) is 0 Å². The molecule has 0 fully saturated rings. The number of hydrogen-bond donors (Lipinski definition) is 8. The molecule has 0 bridgehead atoms. The second-order valence-corrected chi connectivity index (χ2v) is 11.1. The van der Waals surface area contributed by atoms with Crippen molar-refractivity contribution in [2.75, 3.05) is 13.2 Å². The number of aliphatic hydroxyl groups excluding tert-OH is 4. The van der Waals surface area contributed by atoms with Gasteiger partial charge in [-0.25, -0.2) is 0 Å². The second kappa shape index (κ2) is 11.4. The van der Waals surface area contributed by atoms with Crippen LogP contribution in [0.15, 0.2) is 84.9 Å². The second-order valence-electron chi connectivity index (χ2n) is 11.1. The molecule has 10 heteroatoms. The molecule has 0 spiro atoms. The Balaban J connectivity index is 1.47. The van der Waals surface area contributed by atoms with E-state index in [0.717, 1.165) is 5.56 Å². The number of phenolic OH excluding ortho intramolecular Hbond substituents is 4. The molecule has 10 nitrogen and oxygen atoms in total. The van der Waals surface area contributed by atoms with Crippen LogP contribution in [-0.2, 0) is 5.60 Å². The number of rotatable bonds is 8. The maximum atomic E-state index is 11.4. The molecule has 44 heavy (non-hydrogen) atoms. The molecule has 1 aliphatic heterocycles. The third-order valence-electron chi connectivity index (χ3n) is 8.42. The van der Waals surface area contributed by atoms with Crippen LogP contribution in [0, 0.1) is 0 Å². The molecule has 1 heterocycles. The molecule has 0 saturated carbocycles. The van der Waals surface area contributed by atoms with Gasteiger partial charge in [0.15, 0.2) is 34.7 Å². The van der Waals surface area contributed by atoms with Crippen LogP contribution in [0.25, 0.3) is 6.08 Å². The highest BCUT2D eigenvalue weighted by Crippen LogP contribution is 2.58. The molecule has 6 rings (SSSR count). The third-order valence-corrected chi connectivity index (χ3v) is 8.42. The minimum absolute atomic E-state index is 0.0416. The number of benzene rings is 4. The molecule has 4 aromatic rings. The van der Waals surface area contributed by atoms with Gasteiger partial charge in [0.05, 0.1) is 25.2 Å². The number of hydrogen-bond acceptors (Lipinski definition) is 10. The Labute approximate surface area is 252 Å². The van der Waals surface area contributed by atoms with Crippen molar-refractivity contribution in [2.45, 2.75) is 35.7 Å². The molecule has 0 saturated heterocycles. The highest BCUT2D eigenvalue weighted by atomic mass is 16.6. The Morgan fingerprint density at radius 1 is 0.750 bits per heavy atom. The first-order valence-corrected chi connectivity index (χ1v) is 14.1. The van der Waals surface area contributed by atoms with E-state index in [-0.39, 0.29) is 23.0 Å². The largest absolute Gasteiger partial charge is 0.508 e. The molecule has 0 amide bonds. The summed E-state index contributed by atoms with van der Waals surface area (Å²) in [4.78, 5) is 0. The predicted octanol–water partition coefficient (Wildman–Crippen LogP) is 3.19. The number of phenols is 4. The number of aromatic hydroxyl groups is 4. The summed E-state index contributed by atoms with van der Waals surface area (Å²) >= 11 is 0. The predicted molar refractivity (Wildman–Crippen MR) is 159 cm³/mol. The van der Waals surface area contributed by atoms with E-state index in [1.165, 1.54) is 36.4 Å². The van der Waals surface area contributed by atoms with Gasteiger partial charge in [-0.3, -0.25) is 0 Å². The van der Waals surface area contributed by atoms with Crippen LogP contribution in [0.2, 0.25) is 0 Å². The van der Waals surface area contributed by atoms with Gasteiger partial charge in [-0.05, 0) is 70.8 Å². The molecule has 1 unspecified atom stereocenters. The first-order valence-electron chi connectivity index (χ1n) is 14.1. The van der Waals surface area contributed by atoms with Gasteiger partial charge in [-0.15, -0.1) is 0 Å². The molecule has 6 atom stereocenters. The summed E-state index contributed by atoms with van der Waals surface area (Å²) in [6.07, 6.45) is -0.231. The highest BCUT2D eigenvalue weighted by Gasteiger charge is 2.63. The van der Waals surface area contributed by atoms with Crippen molar-refractivity contribution in [1.29, 1.82) is 0 Å². The Hall–Kier alpha value is -4.74. The fourth-order valence-corrected chi connectivity index (χ4v) is 6.23. The zero-order chi connectivity index (χ0) is 31.2. The molecule has 0 radical (unpaired) electrons. The Kier molecular flexibility index (Phi) is 7.60. The van der Waals surface area contributed by atoms with Crippen molar-refractivity contribution in [1.82, 2.24) is 0 Å². The van der Waals surface area contributed by atoms with Crippen LogP contribution in [0.3, 0.4) is 0 Å². The monoisotopic (exact) mass is 600 g/mol. The number of fused-ring (bicyclic) bond motifs is 4. The summed E-state index contributed by atoms with van der Waals surface area (Å²) in [6, 6.07) is 20.5. The van der Waals surface area contributed by atoms with Gasteiger partial charge in [0.25, 0.3) is 0 Å². The van der Waals surface area contributed by atoms with E-state index >= 15 is 0 Å². The topological polar surface area (TPSA) is 180 Å². The Morgan fingerprint density at radius 2 is 1.41 bits per heavy atom. The maximum absolute atomic E-state index is 11.4. The van der Waals surface area contributed by atoms with Gasteiger partial charge >= 0.3 is 0 Å². The molecule has 1 aliphatic carbocycles. The van der Waals surface area contributed by atoms with E-state index < -0.39 is 54.7 Å². The number of ether oxygens (including phenoxy) is 2. The summed E-state index contributed by atoms with van der Waals surface area (Å²) in [5, 5.41) is 82.6. The normalized spacial score (nSPS) is 22.3. The van der Waals surface area contributed by atoms with Gasteiger partial charge in [-0.1, -0.05) is 42.5 Å². The first-order chi connectivity index (χ1) is 21.2. The molecule has 2 aliphatic rings. The average Bonchev–Trinajstić information content (AvgIpc) is 3.29. The van der Waals surface area contributed by atoms with Gasteiger partial charge in [0.2, 0.25) is 0 Å². The Morgan fingerprint density at radius 3 is 2.07 bits per heavy atom. The van der Waals surface area contributed by atoms with Gasteiger partial charge in [-0.2, -0.15) is 0 Å². The van der Waals surface area contributed by atoms with Crippen LogP contribution in [0.4, 0.5) is 0 Å². The summed E-state index contributed by atoms with van der Waals surface area (Å²) in [7, 11) is 0. The Bertz CT molecular complexity index is 1680. The van der Waals surface area contributed by atoms with Crippen LogP contribution in [0.1, 0.15) is 39.7 Å². The van der Waals surface area contributed by atoms with E-state index in [0.29, 0.717) is 28.0 Å². The summed E-state index contributed by atoms with van der Waals surface area (Å²) < 4.78 is 13.1. The zero-order valence-corrected chi connectivity index (χ0v) is 23.4. The summed E-state index contributed by atoms with van der Waals surface area (Å²) in [5.41, 5.74) is 1.03. The van der Waals surface area contributed by atoms with Gasteiger partial charge < -0.3 is 50.3 Å². The minimum atomic E-state index is -1.74. The lowest BCUT2D eigenvalue weighted by atomic mass is 9.83. The molecule has 4 aromatic carbocycles. The van der Waals surface area contributed by atoms with Crippen LogP contribution < -0.4 is 9.47 Å². The zero-order valence-electron chi connectivity index (χ0n) is 23.4. The van der Waals surface area contributed by atoms with E-state index in [1.807, 2.05) is 0 Å². The van der Waals surface area contributed by atoms with Crippen molar-refractivity contribution in [3.05, 3.63) is 113 Å². The lowest BCUT2D eigenvalue weighted by Crippen LogP contribution is -2.57. The summed E-state index contributed by atoms with van der Waals surface area (Å²) in [5.74, 6) is -1.53. The van der Waals surface area contributed by atoms with E-state index in [9.17, 15) is 40.9 Å². The van der Waals surface area contributed by atoms with Crippen LogP contribution in [0.5, 0.6) is 34.5 Å². The van der Waals surface area contributed by atoms with Crippen LogP contribution >= 0.6 is 0 Å². The molecule has 8 N–H and O–H groups in total. The first kappa shape index (κ1) is 29.3. The fraction of sp³-hybridized carbons (Fsp3) is 0.235. The van der Waals surface area contributed by atoms with E-state index in [4.69, 9.17) is 9.47 Å². The fourth-order valence-electron chi connectivity index (χ4n) is 6.23. The van der Waals surface area contributed by atoms with Crippen molar-refractivity contribution >= 4 is 6.08 Å². The minimum Gasteiger partial charge on any atom is -0.508 e. The number of aliphatic hydroxyl groups is 4. The standard InChI is InChI=1S/C34H32O10/c35-16-28(41)23(11-3-18-1-7-21(37)8-2-18)20-6-12-29-30(13-20)44-34(31(42)17-36)25-15-27(40)26(39)14-24(25)32(33(34)43-29)19-4-9-22(38)10-5-19/h1-15,23,28,31-33,35-42H,16-17H2/b11-3+/t23?,28-,31-,32+,33+,34-/m1/s1. The van der Waals surface area contributed by atoms with Gasteiger partial charge in [0, 0.05) is 11.5 Å². The van der Waals surface area contributed by atoms with Crippen molar-refractivity contribution in [3.8, 4) is 34.5 Å². The smallest absolute Gasteiger partial charge is 0.200 e. The lowest BCUT2D eigenvalue weighted by molar-refractivity contribution is -0.149. The molecule has 0 aromatic heterocycles. The third kappa shape index (κ3) is 4.87. The van der Waals surface area contributed by atoms with Crippen LogP contribution in [-0.4, -0.2) is 72.4 Å². The maximum Gasteiger partial charge on any atom is 0.200 e. The SMILES string of the molecule is OC[C@@H](O)C(/C=C/c1ccc(O)cc1)c1ccc2c(c1)O[C@@]1([C@H](O)CO)c3cc(O)c(O)cc3[C@H](c3ccc(O)cc3)[C@@H]1O2. The van der Waals surface area contributed by atoms with E-state index in [1.54, 1.807) is 54.6 Å². The van der Waals surface area contributed by atoms with Crippen molar-refractivity contribution < 1.29 is 50.3 Å². The highest BCUT2D eigenvalue weighted by molar-refractivity contribution is 5.60. The van der Waals surface area contributed by atoms with Gasteiger partial charge in [0.1, 0.15) is 17.6 Å². The molecule has 228 valence electrons. The summed E-state index contributed by atoms with van der Waals surface area (Å²) in [6.45, 7) is -1.25. The van der Waals surface area contributed by atoms with E-state index in [2.05, 4.69) is 0 Å².